The van der Waals surface area contributed by atoms with Crippen LogP contribution in [0.2, 0.25) is 0 Å². The van der Waals surface area contributed by atoms with Crippen molar-refractivity contribution in [3.8, 4) is 0 Å². The molecule has 1 saturated carbocycles. The number of hydrogen-bond donors (Lipinski definition) is 2. The summed E-state index contributed by atoms with van der Waals surface area (Å²) in [5.41, 5.74) is 0. The molecule has 6 nitrogen and oxygen atoms in total. The molecule has 1 aliphatic heterocycles. The smallest absolute Gasteiger partial charge is 0.279 e. The van der Waals surface area contributed by atoms with Crippen molar-refractivity contribution in [3.05, 3.63) is 0 Å². The van der Waals surface area contributed by atoms with Crippen LogP contribution >= 0.6 is 0 Å². The molecule has 0 spiro atoms. The predicted octanol–water partition coefficient (Wildman–Crippen LogP) is -0.296. The van der Waals surface area contributed by atoms with Crippen LogP contribution in [-0.2, 0) is 14.9 Å². The molecule has 2 unspecified atom stereocenters. The molecule has 1 aliphatic carbocycles. The number of aliphatic hydroxyl groups excluding tert-OH is 1. The number of hydrogen-bond acceptors (Lipinski definition) is 4. The van der Waals surface area contributed by atoms with Gasteiger partial charge in [-0.1, -0.05) is 12.8 Å². The molecule has 1 heterocycles. The van der Waals surface area contributed by atoms with Gasteiger partial charge in [-0.05, 0) is 18.8 Å². The van der Waals surface area contributed by atoms with Crippen molar-refractivity contribution in [2.45, 2.75) is 31.7 Å². The third-order valence-electron chi connectivity index (χ3n) is 3.75. The molecular formula is C11H22N2O4S. The highest BCUT2D eigenvalue weighted by Gasteiger charge is 2.31. The lowest BCUT2D eigenvalue weighted by Crippen LogP contribution is -2.52. The van der Waals surface area contributed by atoms with Crippen molar-refractivity contribution in [1.29, 1.82) is 0 Å². The highest BCUT2D eigenvalue weighted by molar-refractivity contribution is 7.87. The van der Waals surface area contributed by atoms with Gasteiger partial charge in [0.05, 0.1) is 13.2 Å². The fourth-order valence-corrected chi connectivity index (χ4v) is 4.11. The van der Waals surface area contributed by atoms with Crippen molar-refractivity contribution in [2.24, 2.45) is 5.92 Å². The van der Waals surface area contributed by atoms with Crippen LogP contribution in [-0.4, -0.2) is 56.8 Å². The van der Waals surface area contributed by atoms with Crippen LogP contribution in [0.15, 0.2) is 0 Å². The minimum absolute atomic E-state index is 0.0505. The van der Waals surface area contributed by atoms with Crippen LogP contribution < -0.4 is 4.72 Å². The zero-order chi connectivity index (χ0) is 13.0. The first-order valence-electron chi connectivity index (χ1n) is 6.59. The zero-order valence-electron chi connectivity index (χ0n) is 10.5. The summed E-state index contributed by atoms with van der Waals surface area (Å²) in [4.78, 5) is 0. The van der Waals surface area contributed by atoms with Gasteiger partial charge in [-0.15, -0.1) is 0 Å². The molecule has 0 aromatic carbocycles. The molecular weight excluding hydrogens is 256 g/mol. The summed E-state index contributed by atoms with van der Waals surface area (Å²) in [6.07, 6.45) is 3.80. The Hall–Kier alpha value is -0.210. The molecule has 2 N–H and O–H groups in total. The predicted molar refractivity (Wildman–Crippen MR) is 67.3 cm³/mol. The van der Waals surface area contributed by atoms with Gasteiger partial charge in [-0.2, -0.15) is 17.4 Å². The van der Waals surface area contributed by atoms with Gasteiger partial charge in [0.15, 0.2) is 0 Å². The summed E-state index contributed by atoms with van der Waals surface area (Å²) >= 11 is 0. The molecule has 0 bridgehead atoms. The van der Waals surface area contributed by atoms with Crippen LogP contribution in [0.1, 0.15) is 25.7 Å². The largest absolute Gasteiger partial charge is 0.396 e. The van der Waals surface area contributed by atoms with E-state index in [-0.39, 0.29) is 18.6 Å². The topological polar surface area (TPSA) is 78.9 Å². The first-order chi connectivity index (χ1) is 8.63. The van der Waals surface area contributed by atoms with Crippen LogP contribution in [0.25, 0.3) is 0 Å². The van der Waals surface area contributed by atoms with E-state index in [1.165, 1.54) is 4.31 Å². The summed E-state index contributed by atoms with van der Waals surface area (Å²) in [6, 6.07) is -0.128. The fourth-order valence-electron chi connectivity index (χ4n) is 2.63. The van der Waals surface area contributed by atoms with Gasteiger partial charge < -0.3 is 9.84 Å². The van der Waals surface area contributed by atoms with E-state index in [1.54, 1.807) is 0 Å². The van der Waals surface area contributed by atoms with Gasteiger partial charge >= 0.3 is 0 Å². The monoisotopic (exact) mass is 278 g/mol. The normalized spacial score (nSPS) is 31.4. The standard InChI is InChI=1S/C11H22N2O4S/c14-9-10-3-1-2-4-11(10)12-18(15,16)13-5-7-17-8-6-13/h10-12,14H,1-9H2. The lowest BCUT2D eigenvalue weighted by atomic mass is 9.86. The molecule has 0 amide bonds. The maximum atomic E-state index is 12.2. The van der Waals surface area contributed by atoms with E-state index in [2.05, 4.69) is 4.72 Å². The van der Waals surface area contributed by atoms with E-state index < -0.39 is 10.2 Å². The minimum atomic E-state index is -3.43. The quantitative estimate of drug-likeness (QED) is 0.740. The Balaban J connectivity index is 1.97. The van der Waals surface area contributed by atoms with Gasteiger partial charge in [0.1, 0.15) is 0 Å². The Morgan fingerprint density at radius 2 is 1.89 bits per heavy atom. The lowest BCUT2D eigenvalue weighted by molar-refractivity contribution is 0.0716. The van der Waals surface area contributed by atoms with Crippen molar-refractivity contribution in [1.82, 2.24) is 9.03 Å². The Labute approximate surface area is 108 Å². The van der Waals surface area contributed by atoms with E-state index >= 15 is 0 Å². The minimum Gasteiger partial charge on any atom is -0.396 e. The second-order valence-electron chi connectivity index (χ2n) is 4.97. The Kier molecular flexibility index (Phi) is 4.97. The highest BCUT2D eigenvalue weighted by atomic mass is 32.2. The summed E-state index contributed by atoms with van der Waals surface area (Å²) in [7, 11) is -3.43. The number of nitrogens with one attached hydrogen (secondary N) is 1. The van der Waals surface area contributed by atoms with E-state index in [0.29, 0.717) is 26.3 Å². The zero-order valence-corrected chi connectivity index (χ0v) is 11.4. The first-order valence-corrected chi connectivity index (χ1v) is 8.03. The lowest BCUT2D eigenvalue weighted by Gasteiger charge is -2.33. The Morgan fingerprint density at radius 1 is 1.22 bits per heavy atom. The second-order valence-corrected chi connectivity index (χ2v) is 6.67. The fraction of sp³-hybridized carbons (Fsp3) is 1.00. The molecule has 0 radical (unpaired) electrons. The summed E-state index contributed by atoms with van der Waals surface area (Å²) in [5.74, 6) is 0.0505. The molecule has 2 aliphatic rings. The van der Waals surface area contributed by atoms with E-state index in [9.17, 15) is 13.5 Å². The molecule has 2 atom stereocenters. The summed E-state index contributed by atoms with van der Waals surface area (Å²) in [6.45, 7) is 1.78. The SMILES string of the molecule is O=S(=O)(NC1CCCCC1CO)N1CCOCC1. The average molecular weight is 278 g/mol. The van der Waals surface area contributed by atoms with Gasteiger partial charge in [0.2, 0.25) is 0 Å². The first kappa shape index (κ1) is 14.2. The average Bonchev–Trinajstić information content (AvgIpc) is 2.40. The van der Waals surface area contributed by atoms with Crippen molar-refractivity contribution in [2.75, 3.05) is 32.9 Å². The number of ether oxygens (including phenoxy) is 1. The maximum absolute atomic E-state index is 12.2. The molecule has 7 heteroatoms. The number of aliphatic hydroxyl groups is 1. The van der Waals surface area contributed by atoms with E-state index in [4.69, 9.17) is 4.74 Å². The van der Waals surface area contributed by atoms with Crippen LogP contribution in [0.3, 0.4) is 0 Å². The maximum Gasteiger partial charge on any atom is 0.279 e. The van der Waals surface area contributed by atoms with Crippen LogP contribution in [0.4, 0.5) is 0 Å². The van der Waals surface area contributed by atoms with E-state index in [0.717, 1.165) is 25.7 Å². The third kappa shape index (κ3) is 3.42. The van der Waals surface area contributed by atoms with Crippen molar-refractivity contribution in [3.63, 3.8) is 0 Å². The summed E-state index contributed by atoms with van der Waals surface area (Å²) in [5, 5.41) is 9.30. The Morgan fingerprint density at radius 3 is 2.56 bits per heavy atom. The summed E-state index contributed by atoms with van der Waals surface area (Å²) < 4.78 is 33.7. The molecule has 2 rings (SSSR count). The second kappa shape index (κ2) is 6.29. The molecule has 106 valence electrons. The van der Waals surface area contributed by atoms with E-state index in [1.807, 2.05) is 0 Å². The third-order valence-corrected chi connectivity index (χ3v) is 5.40. The van der Waals surface area contributed by atoms with Crippen LogP contribution in [0.5, 0.6) is 0 Å². The molecule has 0 aromatic heterocycles. The van der Waals surface area contributed by atoms with Gasteiger partial charge in [0, 0.05) is 25.7 Å². The number of rotatable bonds is 4. The Bertz CT molecular complexity index is 354. The number of morpholine rings is 1. The van der Waals surface area contributed by atoms with Crippen molar-refractivity contribution >= 4 is 10.2 Å². The van der Waals surface area contributed by atoms with Gasteiger partial charge in [-0.25, -0.2) is 0 Å². The van der Waals surface area contributed by atoms with Gasteiger partial charge in [-0.3, -0.25) is 0 Å². The molecule has 2 fully saturated rings. The molecule has 1 saturated heterocycles. The highest BCUT2D eigenvalue weighted by Crippen LogP contribution is 2.24. The van der Waals surface area contributed by atoms with Crippen molar-refractivity contribution < 1.29 is 18.3 Å². The molecule has 18 heavy (non-hydrogen) atoms. The molecule has 0 aromatic rings. The number of nitrogens with zero attached hydrogens (tertiary/aromatic N) is 1. The van der Waals surface area contributed by atoms with Crippen LogP contribution in [0, 0.1) is 5.92 Å². The van der Waals surface area contributed by atoms with Gasteiger partial charge in [0.25, 0.3) is 10.2 Å².